The summed E-state index contributed by atoms with van der Waals surface area (Å²) < 4.78 is 0. The lowest BCUT2D eigenvalue weighted by Gasteiger charge is -2.31. The van der Waals surface area contributed by atoms with Crippen molar-refractivity contribution in [1.29, 1.82) is 0 Å². The Labute approximate surface area is 64.8 Å². The van der Waals surface area contributed by atoms with Gasteiger partial charge in [-0.25, -0.2) is 4.79 Å². The van der Waals surface area contributed by atoms with Crippen molar-refractivity contribution in [2.75, 3.05) is 32.9 Å². The second kappa shape index (κ2) is 3.54. The van der Waals surface area contributed by atoms with Crippen LogP contribution in [-0.2, 0) is 0 Å². The molecule has 1 rings (SSSR count). The molecule has 0 aliphatic carbocycles. The average molecular weight is 160 g/mol. The zero-order chi connectivity index (χ0) is 8.27. The number of piperazine rings is 1. The Morgan fingerprint density at radius 1 is 1.27 bits per heavy atom. The monoisotopic (exact) mass is 160 g/mol. The number of hydrogen-bond acceptors (Lipinski definition) is 3. The number of hydrogen-bond donors (Lipinski definition) is 2. The quantitative estimate of drug-likeness (QED) is 0.529. The molecule has 0 aromatic carbocycles. The molecule has 0 unspecified atom stereocenters. The molecule has 1 fully saturated rings. The average Bonchev–Trinajstić information content (AvgIpc) is 2.05. The van der Waals surface area contributed by atoms with Crippen LogP contribution in [0.1, 0.15) is 0 Å². The Bertz CT molecular complexity index is 143. The molecule has 0 spiro atoms. The summed E-state index contributed by atoms with van der Waals surface area (Å²) in [4.78, 5) is 13.6. The minimum Gasteiger partial charge on any atom is -0.465 e. The van der Waals surface area contributed by atoms with Crippen LogP contribution >= 0.6 is 0 Å². The van der Waals surface area contributed by atoms with E-state index in [2.05, 4.69) is 0 Å². The zero-order valence-electron chi connectivity index (χ0n) is 6.23. The topological polar surface area (TPSA) is 64.0 Å². The SMILES string of the molecule is O=C(O)N1CCN(CO)CC1. The van der Waals surface area contributed by atoms with Crippen molar-refractivity contribution in [2.45, 2.75) is 0 Å². The molecule has 5 nitrogen and oxygen atoms in total. The van der Waals surface area contributed by atoms with Crippen LogP contribution in [-0.4, -0.2) is 59.0 Å². The van der Waals surface area contributed by atoms with Gasteiger partial charge in [-0.2, -0.15) is 0 Å². The molecule has 11 heavy (non-hydrogen) atoms. The van der Waals surface area contributed by atoms with E-state index in [4.69, 9.17) is 10.2 Å². The van der Waals surface area contributed by atoms with Crippen molar-refractivity contribution < 1.29 is 15.0 Å². The van der Waals surface area contributed by atoms with Crippen molar-refractivity contribution in [2.24, 2.45) is 0 Å². The van der Waals surface area contributed by atoms with E-state index in [0.717, 1.165) is 0 Å². The molecular weight excluding hydrogens is 148 g/mol. The van der Waals surface area contributed by atoms with E-state index < -0.39 is 6.09 Å². The highest BCUT2D eigenvalue weighted by molar-refractivity contribution is 5.65. The number of aliphatic hydroxyl groups is 1. The van der Waals surface area contributed by atoms with Crippen molar-refractivity contribution in [1.82, 2.24) is 9.80 Å². The molecule has 5 heteroatoms. The summed E-state index contributed by atoms with van der Waals surface area (Å²) in [7, 11) is 0. The van der Waals surface area contributed by atoms with Gasteiger partial charge >= 0.3 is 6.09 Å². The van der Waals surface area contributed by atoms with Crippen LogP contribution in [0.3, 0.4) is 0 Å². The number of carboxylic acid groups (broad SMARTS) is 1. The molecule has 1 heterocycles. The Kier molecular flexibility index (Phi) is 2.67. The summed E-state index contributed by atoms with van der Waals surface area (Å²) in [6.45, 7) is 2.27. The van der Waals surface area contributed by atoms with Gasteiger partial charge in [0.25, 0.3) is 0 Å². The maximum Gasteiger partial charge on any atom is 0.407 e. The van der Waals surface area contributed by atoms with Crippen molar-refractivity contribution in [3.63, 3.8) is 0 Å². The maximum absolute atomic E-state index is 10.4. The van der Waals surface area contributed by atoms with E-state index in [1.54, 1.807) is 4.90 Å². The fourth-order valence-electron chi connectivity index (χ4n) is 1.08. The van der Waals surface area contributed by atoms with E-state index in [0.29, 0.717) is 26.2 Å². The molecule has 64 valence electrons. The fourth-order valence-corrected chi connectivity index (χ4v) is 1.08. The summed E-state index contributed by atoms with van der Waals surface area (Å²) in [5, 5.41) is 17.2. The highest BCUT2D eigenvalue weighted by atomic mass is 16.4. The van der Waals surface area contributed by atoms with Crippen LogP contribution in [0.2, 0.25) is 0 Å². The second-order valence-corrected chi connectivity index (χ2v) is 2.53. The van der Waals surface area contributed by atoms with E-state index in [-0.39, 0.29) is 6.73 Å². The number of carbonyl (C=O) groups is 1. The van der Waals surface area contributed by atoms with Crippen molar-refractivity contribution >= 4 is 6.09 Å². The highest BCUT2D eigenvalue weighted by Gasteiger charge is 2.18. The summed E-state index contributed by atoms with van der Waals surface area (Å²) in [6, 6.07) is 0. The first-order valence-corrected chi connectivity index (χ1v) is 3.55. The van der Waals surface area contributed by atoms with Crippen LogP contribution in [0.15, 0.2) is 0 Å². The van der Waals surface area contributed by atoms with Gasteiger partial charge < -0.3 is 15.1 Å². The number of rotatable bonds is 1. The summed E-state index contributed by atoms with van der Waals surface area (Å²) in [5.41, 5.74) is 0. The minimum absolute atomic E-state index is 0.0213. The molecule has 0 aromatic heterocycles. The third-order valence-corrected chi connectivity index (χ3v) is 1.84. The van der Waals surface area contributed by atoms with E-state index >= 15 is 0 Å². The van der Waals surface area contributed by atoms with Gasteiger partial charge in [-0.05, 0) is 0 Å². The fraction of sp³-hybridized carbons (Fsp3) is 0.833. The molecule has 1 aliphatic heterocycles. The first-order valence-electron chi connectivity index (χ1n) is 3.55. The first-order chi connectivity index (χ1) is 5.24. The van der Waals surface area contributed by atoms with Crippen LogP contribution in [0.5, 0.6) is 0 Å². The van der Waals surface area contributed by atoms with Gasteiger partial charge in [0.05, 0.1) is 6.73 Å². The van der Waals surface area contributed by atoms with E-state index in [1.807, 2.05) is 0 Å². The van der Waals surface area contributed by atoms with Crippen LogP contribution in [0.25, 0.3) is 0 Å². The van der Waals surface area contributed by atoms with Gasteiger partial charge in [-0.1, -0.05) is 0 Å². The lowest BCUT2D eigenvalue weighted by atomic mass is 10.3. The molecular formula is C6H12N2O3. The van der Waals surface area contributed by atoms with Crippen LogP contribution < -0.4 is 0 Å². The number of amides is 1. The van der Waals surface area contributed by atoms with Gasteiger partial charge in [-0.15, -0.1) is 0 Å². The van der Waals surface area contributed by atoms with Crippen molar-refractivity contribution in [3.8, 4) is 0 Å². The zero-order valence-corrected chi connectivity index (χ0v) is 6.23. The predicted octanol–water partition coefficient (Wildman–Crippen LogP) is -0.768. The summed E-state index contributed by atoms with van der Waals surface area (Å²) in [6.07, 6.45) is -0.873. The summed E-state index contributed by atoms with van der Waals surface area (Å²) >= 11 is 0. The Morgan fingerprint density at radius 2 is 1.82 bits per heavy atom. The third kappa shape index (κ3) is 2.06. The Balaban J connectivity index is 2.30. The molecule has 1 amide bonds. The molecule has 1 saturated heterocycles. The van der Waals surface area contributed by atoms with Crippen LogP contribution in [0, 0.1) is 0 Å². The normalized spacial score (nSPS) is 20.3. The number of nitrogens with zero attached hydrogens (tertiary/aromatic N) is 2. The molecule has 0 saturated carbocycles. The van der Waals surface area contributed by atoms with Gasteiger partial charge in [0.15, 0.2) is 0 Å². The lowest BCUT2D eigenvalue weighted by Crippen LogP contribution is -2.48. The molecule has 0 bridgehead atoms. The largest absolute Gasteiger partial charge is 0.465 e. The van der Waals surface area contributed by atoms with E-state index in [1.165, 1.54) is 4.90 Å². The molecule has 2 N–H and O–H groups in total. The highest BCUT2D eigenvalue weighted by Crippen LogP contribution is 1.99. The minimum atomic E-state index is -0.873. The van der Waals surface area contributed by atoms with Gasteiger partial charge in [0, 0.05) is 26.2 Å². The molecule has 0 atom stereocenters. The van der Waals surface area contributed by atoms with Crippen molar-refractivity contribution in [3.05, 3.63) is 0 Å². The first kappa shape index (κ1) is 8.29. The van der Waals surface area contributed by atoms with Gasteiger partial charge in [-0.3, -0.25) is 4.90 Å². The smallest absolute Gasteiger partial charge is 0.407 e. The molecule has 1 aliphatic rings. The molecule has 0 aromatic rings. The third-order valence-electron chi connectivity index (χ3n) is 1.84. The Morgan fingerprint density at radius 3 is 2.18 bits per heavy atom. The Hall–Kier alpha value is -0.810. The maximum atomic E-state index is 10.4. The lowest BCUT2D eigenvalue weighted by molar-refractivity contribution is 0.0534. The summed E-state index contributed by atoms with van der Waals surface area (Å²) in [5.74, 6) is 0. The molecule has 0 radical (unpaired) electrons. The predicted molar refractivity (Wildman–Crippen MR) is 38.3 cm³/mol. The standard InChI is InChI=1S/C6H12N2O3/c9-5-7-1-3-8(4-2-7)6(10)11/h9H,1-5H2,(H,10,11). The second-order valence-electron chi connectivity index (χ2n) is 2.53. The van der Waals surface area contributed by atoms with E-state index in [9.17, 15) is 4.79 Å². The van der Waals surface area contributed by atoms with Gasteiger partial charge in [0.2, 0.25) is 0 Å². The number of aliphatic hydroxyl groups excluding tert-OH is 1. The van der Waals surface area contributed by atoms with Crippen LogP contribution in [0.4, 0.5) is 4.79 Å². The van der Waals surface area contributed by atoms with Gasteiger partial charge in [0.1, 0.15) is 0 Å².